The number of amides is 1. The monoisotopic (exact) mass is 547 g/mol. The van der Waals surface area contributed by atoms with Crippen LogP contribution in [0.4, 0.5) is 5.00 Å². The van der Waals surface area contributed by atoms with Crippen molar-refractivity contribution in [2.24, 2.45) is 0 Å². The van der Waals surface area contributed by atoms with Gasteiger partial charge in [0.05, 0.1) is 32.0 Å². The van der Waals surface area contributed by atoms with Crippen LogP contribution in [0.5, 0.6) is 17.2 Å². The van der Waals surface area contributed by atoms with Gasteiger partial charge in [-0.15, -0.1) is 11.3 Å². The first-order valence-corrected chi connectivity index (χ1v) is 14.0. The Hall–Kier alpha value is -3.27. The zero-order valence-corrected chi connectivity index (χ0v) is 23.6. The summed E-state index contributed by atoms with van der Waals surface area (Å²) < 4.78 is 28.1. The number of benzene rings is 1. The topological polar surface area (TPSA) is 109 Å². The molecule has 0 aliphatic heterocycles. The Labute approximate surface area is 227 Å². The van der Waals surface area contributed by atoms with Crippen molar-refractivity contribution in [2.45, 2.75) is 72.8 Å². The Morgan fingerprint density at radius 1 is 0.868 bits per heavy atom. The normalized spacial score (nSPS) is 13.5. The SMILES string of the molecule is CCOC(=O)c1c(NC(=O)c2cc(OCC)c(OCC)c(OCC)c2)sc(C(=O)OC2CCCCC2)c1C. The number of rotatable bonds is 12. The van der Waals surface area contributed by atoms with Crippen LogP contribution in [0.2, 0.25) is 0 Å². The summed E-state index contributed by atoms with van der Waals surface area (Å²) in [7, 11) is 0. The van der Waals surface area contributed by atoms with Crippen LogP contribution in [0, 0.1) is 6.92 Å². The third-order valence-corrected chi connectivity index (χ3v) is 7.22. The van der Waals surface area contributed by atoms with E-state index in [9.17, 15) is 14.4 Å². The maximum absolute atomic E-state index is 13.4. The lowest BCUT2D eigenvalue weighted by Crippen LogP contribution is -2.21. The van der Waals surface area contributed by atoms with Gasteiger partial charge in [-0.25, -0.2) is 9.59 Å². The van der Waals surface area contributed by atoms with E-state index >= 15 is 0 Å². The van der Waals surface area contributed by atoms with Crippen molar-refractivity contribution < 1.29 is 38.1 Å². The molecule has 2 aromatic rings. The first kappa shape index (κ1) is 29.3. The first-order valence-electron chi connectivity index (χ1n) is 13.2. The molecule has 10 heteroatoms. The van der Waals surface area contributed by atoms with Gasteiger partial charge in [0, 0.05) is 5.56 Å². The lowest BCUT2D eigenvalue weighted by molar-refractivity contribution is 0.0216. The van der Waals surface area contributed by atoms with Gasteiger partial charge in [-0.2, -0.15) is 0 Å². The van der Waals surface area contributed by atoms with Gasteiger partial charge in [0.2, 0.25) is 5.75 Å². The Bertz CT molecular complexity index is 1110. The van der Waals surface area contributed by atoms with Crippen molar-refractivity contribution in [3.05, 3.63) is 33.7 Å². The van der Waals surface area contributed by atoms with Gasteiger partial charge in [0.1, 0.15) is 16.0 Å². The first-order chi connectivity index (χ1) is 18.3. The van der Waals surface area contributed by atoms with E-state index in [1.165, 1.54) is 0 Å². The molecule has 1 aromatic heterocycles. The summed E-state index contributed by atoms with van der Waals surface area (Å²) in [6.07, 6.45) is 4.69. The third-order valence-electron chi connectivity index (χ3n) is 6.04. The van der Waals surface area contributed by atoms with E-state index in [-0.39, 0.29) is 33.7 Å². The molecule has 1 heterocycles. The second-order valence-corrected chi connectivity index (χ2v) is 9.72. The van der Waals surface area contributed by atoms with E-state index in [4.69, 9.17) is 23.7 Å². The van der Waals surface area contributed by atoms with Gasteiger partial charge < -0.3 is 29.0 Å². The van der Waals surface area contributed by atoms with Gasteiger partial charge in [0.25, 0.3) is 5.91 Å². The predicted molar refractivity (Wildman–Crippen MR) is 145 cm³/mol. The number of hydrogen-bond acceptors (Lipinski definition) is 9. The second kappa shape index (κ2) is 14.0. The van der Waals surface area contributed by atoms with E-state index in [1.54, 1.807) is 26.0 Å². The zero-order valence-electron chi connectivity index (χ0n) is 22.8. The van der Waals surface area contributed by atoms with Crippen molar-refractivity contribution in [3.8, 4) is 17.2 Å². The number of carbonyl (C=O) groups excluding carboxylic acids is 3. The van der Waals surface area contributed by atoms with Crippen LogP contribution in [-0.4, -0.2) is 50.4 Å². The number of ether oxygens (including phenoxy) is 5. The summed E-state index contributed by atoms with van der Waals surface area (Å²) in [6, 6.07) is 3.13. The third kappa shape index (κ3) is 6.98. The highest BCUT2D eigenvalue weighted by atomic mass is 32.1. The summed E-state index contributed by atoms with van der Waals surface area (Å²) in [6.45, 7) is 10.1. The number of esters is 2. The van der Waals surface area contributed by atoms with Crippen molar-refractivity contribution in [1.29, 1.82) is 0 Å². The molecule has 38 heavy (non-hydrogen) atoms. The highest BCUT2D eigenvalue weighted by Gasteiger charge is 2.30. The zero-order chi connectivity index (χ0) is 27.7. The molecule has 1 saturated carbocycles. The molecule has 0 spiro atoms. The Kier molecular flexibility index (Phi) is 10.8. The van der Waals surface area contributed by atoms with Gasteiger partial charge in [-0.3, -0.25) is 4.79 Å². The molecule has 1 N–H and O–H groups in total. The van der Waals surface area contributed by atoms with Gasteiger partial charge in [-0.05, 0) is 78.0 Å². The molecule has 1 aliphatic rings. The average Bonchev–Trinajstić information content (AvgIpc) is 3.22. The van der Waals surface area contributed by atoms with E-state index in [0.717, 1.165) is 43.4 Å². The molecule has 9 nitrogen and oxygen atoms in total. The van der Waals surface area contributed by atoms with Crippen LogP contribution in [0.25, 0.3) is 0 Å². The molecule has 0 bridgehead atoms. The smallest absolute Gasteiger partial charge is 0.348 e. The highest BCUT2D eigenvalue weighted by Crippen LogP contribution is 2.40. The van der Waals surface area contributed by atoms with Crippen LogP contribution in [0.15, 0.2) is 12.1 Å². The summed E-state index contributed by atoms with van der Waals surface area (Å²) in [4.78, 5) is 39.6. The molecular weight excluding hydrogens is 510 g/mol. The van der Waals surface area contributed by atoms with Gasteiger partial charge in [0.15, 0.2) is 11.5 Å². The minimum absolute atomic E-state index is 0.139. The molecule has 0 atom stereocenters. The Balaban J connectivity index is 1.96. The van der Waals surface area contributed by atoms with Crippen molar-refractivity contribution in [1.82, 2.24) is 0 Å². The largest absolute Gasteiger partial charge is 0.490 e. The number of thiophene rings is 1. The molecule has 0 radical (unpaired) electrons. The van der Waals surface area contributed by atoms with Crippen LogP contribution < -0.4 is 19.5 Å². The second-order valence-electron chi connectivity index (χ2n) is 8.70. The van der Waals surface area contributed by atoms with E-state index in [0.29, 0.717) is 42.6 Å². The lowest BCUT2D eigenvalue weighted by atomic mass is 9.98. The quantitative estimate of drug-likeness (QED) is 0.314. The van der Waals surface area contributed by atoms with Crippen LogP contribution in [0.3, 0.4) is 0 Å². The minimum atomic E-state index is -0.620. The molecule has 1 aliphatic carbocycles. The van der Waals surface area contributed by atoms with Crippen LogP contribution >= 0.6 is 11.3 Å². The summed E-state index contributed by atoms with van der Waals surface area (Å²) in [5.41, 5.74) is 0.801. The maximum atomic E-state index is 13.4. The molecule has 1 amide bonds. The highest BCUT2D eigenvalue weighted by molar-refractivity contribution is 7.18. The molecule has 1 aromatic carbocycles. The summed E-state index contributed by atoms with van der Waals surface area (Å²) in [5, 5.41) is 3.01. The number of nitrogens with one attached hydrogen (secondary N) is 1. The molecular formula is C28H37NO8S. The summed E-state index contributed by atoms with van der Waals surface area (Å²) >= 11 is 1.01. The number of carbonyl (C=O) groups is 3. The standard InChI is InChI=1S/C28H37NO8S/c1-6-33-20-15-18(16-21(34-7-2)23(20)35-8-3)25(30)29-26-22(27(31)36-9-4)17(5)24(38-26)28(32)37-19-13-11-10-12-14-19/h15-16,19H,6-14H2,1-5H3,(H,29,30). The van der Waals surface area contributed by atoms with Gasteiger partial charge in [-0.1, -0.05) is 6.42 Å². The van der Waals surface area contributed by atoms with Crippen molar-refractivity contribution in [2.75, 3.05) is 31.7 Å². The fraction of sp³-hybridized carbons (Fsp3) is 0.536. The maximum Gasteiger partial charge on any atom is 0.348 e. The van der Waals surface area contributed by atoms with Crippen molar-refractivity contribution >= 4 is 34.2 Å². The van der Waals surface area contributed by atoms with Crippen molar-refractivity contribution in [3.63, 3.8) is 0 Å². The van der Waals surface area contributed by atoms with E-state index < -0.39 is 17.8 Å². The number of hydrogen-bond donors (Lipinski definition) is 1. The average molecular weight is 548 g/mol. The van der Waals surface area contributed by atoms with Gasteiger partial charge >= 0.3 is 11.9 Å². The molecule has 1 fully saturated rings. The molecule has 0 unspecified atom stereocenters. The molecule has 208 valence electrons. The van der Waals surface area contributed by atoms with E-state index in [2.05, 4.69) is 5.32 Å². The Morgan fingerprint density at radius 3 is 2.03 bits per heavy atom. The fourth-order valence-electron chi connectivity index (χ4n) is 4.33. The van der Waals surface area contributed by atoms with Crippen LogP contribution in [-0.2, 0) is 9.47 Å². The summed E-state index contributed by atoms with van der Waals surface area (Å²) in [5.74, 6) is -0.465. The molecule has 3 rings (SSSR count). The fourth-order valence-corrected chi connectivity index (χ4v) is 5.40. The van der Waals surface area contributed by atoms with Crippen LogP contribution in [0.1, 0.15) is 95.8 Å². The minimum Gasteiger partial charge on any atom is -0.490 e. The Morgan fingerprint density at radius 2 is 1.47 bits per heavy atom. The van der Waals surface area contributed by atoms with E-state index in [1.807, 2.05) is 20.8 Å². The number of anilines is 1. The predicted octanol–water partition coefficient (Wildman–Crippen LogP) is 6.17. The lowest BCUT2D eigenvalue weighted by Gasteiger charge is -2.21. The molecule has 0 saturated heterocycles.